The molecule has 5 aromatic rings. The van der Waals surface area contributed by atoms with Crippen LogP contribution in [0.2, 0.25) is 5.02 Å². The van der Waals surface area contributed by atoms with E-state index in [2.05, 4.69) is 11.1 Å². The van der Waals surface area contributed by atoms with Crippen molar-refractivity contribution in [1.82, 2.24) is 4.98 Å². The number of hydrogen-bond donors (Lipinski definition) is 0. The molecule has 1 heterocycles. The zero-order chi connectivity index (χ0) is 24.7. The second kappa shape index (κ2) is 11.1. The average molecular weight is 493 g/mol. The third-order valence-corrected chi connectivity index (χ3v) is 6.34. The molecule has 1 aromatic heterocycles. The lowest BCUT2D eigenvalue weighted by molar-refractivity contribution is -0.118. The minimum Gasteiger partial charge on any atom is -0.487 e. The predicted molar refractivity (Wildman–Crippen MR) is 145 cm³/mol. The smallest absolute Gasteiger partial charge is 0.231 e. The summed E-state index contributed by atoms with van der Waals surface area (Å²) < 4.78 is 5.98. The summed E-state index contributed by atoms with van der Waals surface area (Å²) in [5, 5.41) is 1.70. The van der Waals surface area contributed by atoms with Crippen LogP contribution in [0.5, 0.6) is 5.75 Å². The molecule has 1 amide bonds. The number of amides is 1. The lowest BCUT2D eigenvalue weighted by Gasteiger charge is -2.24. The fourth-order valence-corrected chi connectivity index (χ4v) is 4.26. The third kappa shape index (κ3) is 5.73. The van der Waals surface area contributed by atoms with Gasteiger partial charge in [-0.05, 0) is 53.6 Å². The van der Waals surface area contributed by atoms with Crippen LogP contribution in [0.1, 0.15) is 16.8 Å². The Hall–Kier alpha value is -4.15. The molecule has 36 heavy (non-hydrogen) atoms. The molecular weight excluding hydrogens is 468 g/mol. The van der Waals surface area contributed by atoms with E-state index in [1.807, 2.05) is 109 Å². The highest BCUT2D eigenvalue weighted by molar-refractivity contribution is 6.31. The molecule has 178 valence electrons. The first-order valence-electron chi connectivity index (χ1n) is 11.8. The van der Waals surface area contributed by atoms with E-state index in [0.717, 1.165) is 33.4 Å². The van der Waals surface area contributed by atoms with Crippen molar-refractivity contribution in [2.24, 2.45) is 0 Å². The van der Waals surface area contributed by atoms with E-state index in [1.54, 1.807) is 4.90 Å². The maximum atomic E-state index is 13.4. The van der Waals surface area contributed by atoms with Crippen LogP contribution in [0.4, 0.5) is 5.69 Å². The number of anilines is 1. The molecule has 0 atom stereocenters. The van der Waals surface area contributed by atoms with Gasteiger partial charge in [0.1, 0.15) is 12.4 Å². The summed E-state index contributed by atoms with van der Waals surface area (Å²) in [6, 6.07) is 37.1. The Kier molecular flexibility index (Phi) is 7.25. The van der Waals surface area contributed by atoms with Gasteiger partial charge in [-0.15, -0.1) is 0 Å². The first-order chi connectivity index (χ1) is 17.7. The number of ether oxygens (including phenoxy) is 1. The molecule has 0 saturated heterocycles. The standard InChI is InChI=1S/C31H25ClN2O2/c32-29-12-6-4-11-25(29)20-31(35)34(21-23-8-2-1-3-9-23)27-16-18-28(19-17-27)36-22-26-15-14-24-10-5-7-13-30(24)33-26/h1-19H,20-22H2. The molecule has 0 unspecified atom stereocenters. The number of nitrogens with zero attached hydrogens (tertiary/aromatic N) is 2. The van der Waals surface area contributed by atoms with E-state index in [1.165, 1.54) is 0 Å². The van der Waals surface area contributed by atoms with Crippen molar-refractivity contribution in [1.29, 1.82) is 0 Å². The number of halogens is 1. The number of hydrogen-bond acceptors (Lipinski definition) is 3. The van der Waals surface area contributed by atoms with E-state index in [-0.39, 0.29) is 12.3 Å². The van der Waals surface area contributed by atoms with Gasteiger partial charge in [0, 0.05) is 16.1 Å². The van der Waals surface area contributed by atoms with Crippen LogP contribution in [0, 0.1) is 0 Å². The van der Waals surface area contributed by atoms with Crippen LogP contribution in [-0.4, -0.2) is 10.9 Å². The molecule has 4 aromatic carbocycles. The molecule has 0 fully saturated rings. The lowest BCUT2D eigenvalue weighted by Crippen LogP contribution is -2.31. The summed E-state index contributed by atoms with van der Waals surface area (Å²) in [6.45, 7) is 0.828. The van der Waals surface area contributed by atoms with Crippen LogP contribution in [0.15, 0.2) is 115 Å². The summed E-state index contributed by atoms with van der Waals surface area (Å²) in [5.74, 6) is 0.688. The van der Waals surface area contributed by atoms with Crippen LogP contribution < -0.4 is 9.64 Å². The van der Waals surface area contributed by atoms with Crippen LogP contribution in [-0.2, 0) is 24.4 Å². The van der Waals surface area contributed by atoms with Gasteiger partial charge in [0.25, 0.3) is 0 Å². The van der Waals surface area contributed by atoms with Crippen molar-refractivity contribution in [2.75, 3.05) is 4.90 Å². The Labute approximate surface area is 215 Å². The van der Waals surface area contributed by atoms with E-state index < -0.39 is 0 Å². The van der Waals surface area contributed by atoms with Crippen LogP contribution >= 0.6 is 11.6 Å². The zero-order valence-corrected chi connectivity index (χ0v) is 20.4. The fraction of sp³-hybridized carbons (Fsp3) is 0.0968. The predicted octanol–water partition coefficient (Wildman–Crippen LogP) is 7.24. The quantitative estimate of drug-likeness (QED) is 0.229. The fourth-order valence-electron chi connectivity index (χ4n) is 4.06. The van der Waals surface area contributed by atoms with Crippen molar-refractivity contribution >= 4 is 34.1 Å². The number of rotatable bonds is 8. The highest BCUT2D eigenvalue weighted by Gasteiger charge is 2.18. The summed E-state index contributed by atoms with van der Waals surface area (Å²) in [6.07, 6.45) is 0.221. The summed E-state index contributed by atoms with van der Waals surface area (Å²) >= 11 is 6.33. The molecule has 4 nitrogen and oxygen atoms in total. The van der Waals surface area contributed by atoms with Gasteiger partial charge in [-0.1, -0.05) is 84.4 Å². The van der Waals surface area contributed by atoms with Crippen LogP contribution in [0.3, 0.4) is 0 Å². The normalized spacial score (nSPS) is 10.8. The number of carbonyl (C=O) groups is 1. The second-order valence-electron chi connectivity index (χ2n) is 8.51. The number of benzene rings is 4. The Bertz CT molecular complexity index is 1470. The minimum atomic E-state index is -0.0269. The Morgan fingerprint density at radius 3 is 2.31 bits per heavy atom. The molecule has 0 aliphatic heterocycles. The molecule has 0 aliphatic rings. The number of carbonyl (C=O) groups excluding carboxylic acids is 1. The zero-order valence-electron chi connectivity index (χ0n) is 19.7. The molecule has 0 bridgehead atoms. The van der Waals surface area contributed by atoms with Gasteiger partial charge in [0.2, 0.25) is 5.91 Å². The number of aromatic nitrogens is 1. The number of para-hydroxylation sites is 1. The van der Waals surface area contributed by atoms with Gasteiger partial charge in [-0.2, -0.15) is 0 Å². The number of fused-ring (bicyclic) bond motifs is 1. The van der Waals surface area contributed by atoms with E-state index in [4.69, 9.17) is 16.3 Å². The summed E-state index contributed by atoms with van der Waals surface area (Å²) in [7, 11) is 0. The minimum absolute atomic E-state index is 0.0269. The first-order valence-corrected chi connectivity index (χ1v) is 12.2. The van der Waals surface area contributed by atoms with Gasteiger partial charge in [0.15, 0.2) is 0 Å². The summed E-state index contributed by atoms with van der Waals surface area (Å²) in [4.78, 5) is 19.8. The number of pyridine rings is 1. The van der Waals surface area contributed by atoms with Gasteiger partial charge < -0.3 is 9.64 Å². The highest BCUT2D eigenvalue weighted by Crippen LogP contribution is 2.25. The maximum Gasteiger partial charge on any atom is 0.231 e. The topological polar surface area (TPSA) is 42.4 Å². The SMILES string of the molecule is O=C(Cc1ccccc1Cl)N(Cc1ccccc1)c1ccc(OCc2ccc3ccccc3n2)cc1. The van der Waals surface area contributed by atoms with E-state index in [0.29, 0.717) is 23.9 Å². The maximum absolute atomic E-state index is 13.4. The van der Waals surface area contributed by atoms with Crippen molar-refractivity contribution < 1.29 is 9.53 Å². The molecular formula is C31H25ClN2O2. The van der Waals surface area contributed by atoms with Gasteiger partial charge in [-0.3, -0.25) is 4.79 Å². The van der Waals surface area contributed by atoms with Gasteiger partial charge in [-0.25, -0.2) is 4.98 Å². The van der Waals surface area contributed by atoms with Crippen molar-refractivity contribution in [3.8, 4) is 5.75 Å². The molecule has 5 heteroatoms. The van der Waals surface area contributed by atoms with Gasteiger partial charge >= 0.3 is 0 Å². The van der Waals surface area contributed by atoms with Crippen LogP contribution in [0.25, 0.3) is 10.9 Å². The summed E-state index contributed by atoms with van der Waals surface area (Å²) in [5.41, 5.74) is 4.46. The monoisotopic (exact) mass is 492 g/mol. The molecule has 0 spiro atoms. The van der Waals surface area contributed by atoms with E-state index in [9.17, 15) is 4.79 Å². The highest BCUT2D eigenvalue weighted by atomic mass is 35.5. The van der Waals surface area contributed by atoms with E-state index >= 15 is 0 Å². The molecule has 0 aliphatic carbocycles. The average Bonchev–Trinajstić information content (AvgIpc) is 2.92. The van der Waals surface area contributed by atoms with Gasteiger partial charge in [0.05, 0.1) is 24.2 Å². The molecule has 0 N–H and O–H groups in total. The Balaban J connectivity index is 1.32. The molecule has 5 rings (SSSR count). The third-order valence-electron chi connectivity index (χ3n) is 5.98. The first kappa shape index (κ1) is 23.6. The van der Waals surface area contributed by atoms with Crippen molar-refractivity contribution in [2.45, 2.75) is 19.6 Å². The lowest BCUT2D eigenvalue weighted by atomic mass is 10.1. The second-order valence-corrected chi connectivity index (χ2v) is 8.92. The Morgan fingerprint density at radius 1 is 0.778 bits per heavy atom. The van der Waals surface area contributed by atoms with Crippen molar-refractivity contribution in [3.63, 3.8) is 0 Å². The molecule has 0 saturated carbocycles. The largest absolute Gasteiger partial charge is 0.487 e. The molecule has 0 radical (unpaired) electrons. The Morgan fingerprint density at radius 2 is 1.50 bits per heavy atom. The van der Waals surface area contributed by atoms with Crippen molar-refractivity contribution in [3.05, 3.63) is 137 Å².